The molecule has 0 fully saturated rings. The third-order valence-corrected chi connectivity index (χ3v) is 1.41. The van der Waals surface area contributed by atoms with E-state index < -0.39 is 0 Å². The van der Waals surface area contributed by atoms with Gasteiger partial charge in [-0.15, -0.1) is 0 Å². The topological polar surface area (TPSA) is 0 Å². The second-order valence-electron chi connectivity index (χ2n) is 2.49. The van der Waals surface area contributed by atoms with E-state index in [1.165, 1.54) is 5.56 Å². The Labute approximate surface area is 79.2 Å². The van der Waals surface area contributed by atoms with E-state index in [-0.39, 0.29) is 0 Å². The molecule has 0 aliphatic rings. The van der Waals surface area contributed by atoms with Crippen molar-refractivity contribution in [2.45, 2.75) is 25.4 Å². The molecule has 0 saturated carbocycles. The molecule has 1 radical (unpaired) electrons. The summed E-state index contributed by atoms with van der Waals surface area (Å²) in [5.74, 6) is 0.639. The number of hydrogen-bond donors (Lipinski definition) is 0. The first-order chi connectivity index (χ1) is 5.30. The Kier molecular flexibility index (Phi) is 6.41. The first-order valence-electron chi connectivity index (χ1n) is 4.26. The summed E-state index contributed by atoms with van der Waals surface area (Å²) < 4.78 is 0. The normalized spacial score (nSPS) is 8.91. The number of rotatable bonds is 1. The van der Waals surface area contributed by atoms with Crippen LogP contribution in [-0.2, 0) is 0 Å². The minimum absolute atomic E-state index is 0.639. The zero-order valence-electron chi connectivity index (χ0n) is 7.89. The zero-order chi connectivity index (χ0) is 8.69. The summed E-state index contributed by atoms with van der Waals surface area (Å²) >= 11 is 2.00. The van der Waals surface area contributed by atoms with E-state index >= 15 is 0 Å². The monoisotopic (exact) mass is 141 g/mol. The van der Waals surface area contributed by atoms with Gasteiger partial charge in [0.1, 0.15) is 0 Å². The average molecular weight is 141 g/mol. The molecule has 0 aliphatic carbocycles. The minimum atomic E-state index is 0.639. The summed E-state index contributed by atoms with van der Waals surface area (Å²) in [4.78, 5) is 0. The fourth-order valence-electron chi connectivity index (χ4n) is 0.785. The molecule has 1 aromatic rings. The van der Waals surface area contributed by atoms with Crippen molar-refractivity contribution < 1.29 is 0 Å². The summed E-state index contributed by atoms with van der Waals surface area (Å²) in [5, 5.41) is 0. The Morgan fingerprint density at radius 2 is 1.64 bits per heavy atom. The van der Waals surface area contributed by atoms with Gasteiger partial charge in [0.25, 0.3) is 0 Å². The van der Waals surface area contributed by atoms with Gasteiger partial charge in [-0.25, -0.2) is 0 Å². The molecule has 1 rings (SSSR count). The molecule has 0 amide bonds. The Hall–Kier alpha value is -0.183. The van der Waals surface area contributed by atoms with Crippen LogP contribution < -0.4 is 0 Å². The van der Waals surface area contributed by atoms with Crippen LogP contribution in [0, 0.1) is 6.07 Å². The zero-order valence-corrected chi connectivity index (χ0v) is 7.89. The summed E-state index contributed by atoms with van der Waals surface area (Å²) in [6.07, 6.45) is 0. The van der Waals surface area contributed by atoms with Gasteiger partial charge in [-0.2, -0.15) is 0 Å². The average Bonchev–Trinajstić information content (AvgIpc) is 2.10. The first kappa shape index (κ1) is 10.8. The number of hydrogen-bond acceptors (Lipinski definition) is 0. The Bertz CT molecular complexity index is 167. The van der Waals surface area contributed by atoms with Gasteiger partial charge < -0.3 is 0 Å². The van der Waals surface area contributed by atoms with Crippen LogP contribution in [0.3, 0.4) is 0 Å². The fraction of sp³-hybridized carbons (Fsp3) is 0.400. The van der Waals surface area contributed by atoms with E-state index in [4.69, 9.17) is 0 Å². The predicted molar refractivity (Wildman–Crippen MR) is 51.0 cm³/mol. The molecule has 0 N–H and O–H groups in total. The molecule has 0 saturated heterocycles. The van der Waals surface area contributed by atoms with Crippen molar-refractivity contribution in [1.82, 2.24) is 0 Å². The van der Waals surface area contributed by atoms with E-state index in [1.54, 1.807) is 0 Å². The summed E-state index contributed by atoms with van der Waals surface area (Å²) in [7, 11) is 0. The summed E-state index contributed by atoms with van der Waals surface area (Å²) in [6, 6.07) is 11.1. The molecule has 1 aromatic carbocycles. The molecule has 0 aliphatic heterocycles. The quantitative estimate of drug-likeness (QED) is 0.527. The maximum atomic E-state index is 2.99. The van der Waals surface area contributed by atoms with E-state index in [0.717, 1.165) is 0 Å². The van der Waals surface area contributed by atoms with Crippen molar-refractivity contribution in [3.05, 3.63) is 35.9 Å². The van der Waals surface area contributed by atoms with Crippen LogP contribution in [0.4, 0.5) is 0 Å². The van der Waals surface area contributed by atoms with Gasteiger partial charge in [0, 0.05) is 0 Å². The Balaban J connectivity index is 0.000000461. The standard InChI is InChI=1S/C9H11.CH3.Li/c1-8(2)9-6-4-3-5-7-9;;/h4-8H,1-2H3;1H3;. The first-order valence-corrected chi connectivity index (χ1v) is 4.26. The van der Waals surface area contributed by atoms with E-state index in [9.17, 15) is 0 Å². The Morgan fingerprint density at radius 1 is 1.18 bits per heavy atom. The molecule has 11 heavy (non-hydrogen) atoms. The maximum absolute atomic E-state index is 2.99. The molecule has 0 heterocycles. The van der Waals surface area contributed by atoms with Gasteiger partial charge in [-0.05, 0) is 17.5 Å². The fourth-order valence-corrected chi connectivity index (χ4v) is 0.785. The molecule has 55 valence electrons. The van der Waals surface area contributed by atoms with Crippen molar-refractivity contribution in [3.8, 4) is 0 Å². The van der Waals surface area contributed by atoms with Gasteiger partial charge in [-0.1, -0.05) is 38.1 Å². The van der Waals surface area contributed by atoms with Crippen LogP contribution in [0.5, 0.6) is 0 Å². The van der Waals surface area contributed by atoms with Crippen molar-refractivity contribution in [3.63, 3.8) is 0 Å². The van der Waals surface area contributed by atoms with E-state index in [0.29, 0.717) is 5.92 Å². The van der Waals surface area contributed by atoms with Crippen LogP contribution in [-0.4, -0.2) is 17.7 Å². The third kappa shape index (κ3) is 4.30. The molecule has 0 unspecified atom stereocenters. The SMILES string of the molecule is CC(C)c1cc[c]cc1.[Li][CH3]. The molecule has 0 nitrogen and oxygen atoms in total. The molecule has 0 spiro atoms. The molecule has 0 atom stereocenters. The van der Waals surface area contributed by atoms with Crippen molar-refractivity contribution in [2.24, 2.45) is 0 Å². The van der Waals surface area contributed by atoms with Crippen LogP contribution in [0.25, 0.3) is 0 Å². The summed E-state index contributed by atoms with van der Waals surface area (Å²) in [6.45, 7) is 4.38. The van der Waals surface area contributed by atoms with Crippen LogP contribution >= 0.6 is 0 Å². The Morgan fingerprint density at radius 3 is 1.91 bits per heavy atom. The third-order valence-electron chi connectivity index (χ3n) is 1.41. The van der Waals surface area contributed by atoms with E-state index in [2.05, 4.69) is 32.0 Å². The van der Waals surface area contributed by atoms with Crippen LogP contribution in [0.15, 0.2) is 24.3 Å². The second kappa shape index (κ2) is 6.52. The molecule has 0 bridgehead atoms. The van der Waals surface area contributed by atoms with Gasteiger partial charge in [0.2, 0.25) is 0 Å². The predicted octanol–water partition coefficient (Wildman–Crippen LogP) is 2.81. The van der Waals surface area contributed by atoms with Crippen molar-refractivity contribution >= 4 is 17.7 Å². The van der Waals surface area contributed by atoms with Gasteiger partial charge in [-0.3, -0.25) is 0 Å². The number of benzene rings is 1. The summed E-state index contributed by atoms with van der Waals surface area (Å²) in [5.41, 5.74) is 3.38. The van der Waals surface area contributed by atoms with Crippen molar-refractivity contribution in [1.29, 1.82) is 0 Å². The van der Waals surface area contributed by atoms with Gasteiger partial charge in [0.05, 0.1) is 0 Å². The van der Waals surface area contributed by atoms with E-state index in [1.807, 2.05) is 35.4 Å². The molecule has 1 heteroatoms. The van der Waals surface area contributed by atoms with Crippen molar-refractivity contribution in [2.75, 3.05) is 0 Å². The van der Waals surface area contributed by atoms with Crippen LogP contribution in [0.2, 0.25) is 5.60 Å². The van der Waals surface area contributed by atoms with Crippen LogP contribution in [0.1, 0.15) is 25.3 Å². The second-order valence-corrected chi connectivity index (χ2v) is 2.49. The molecular formula is C10H14Li. The van der Waals surface area contributed by atoms with Gasteiger partial charge >= 0.3 is 23.3 Å². The molecule has 0 aromatic heterocycles. The molecular weight excluding hydrogens is 127 g/mol. The van der Waals surface area contributed by atoms with Gasteiger partial charge in [0.15, 0.2) is 0 Å².